The van der Waals surface area contributed by atoms with Crippen molar-refractivity contribution >= 4 is 0 Å². The summed E-state index contributed by atoms with van der Waals surface area (Å²) < 4.78 is 50.9. The third-order valence-corrected chi connectivity index (χ3v) is 3.63. The quantitative estimate of drug-likeness (QED) is 0.838. The van der Waals surface area contributed by atoms with Crippen LogP contribution in [0.3, 0.4) is 0 Å². The SMILES string of the molecule is OC1CCCCC1NCc1ccc(F)c(C(F)(F)F)c1. The Bertz CT molecular complexity index is 461. The van der Waals surface area contributed by atoms with E-state index in [0.29, 0.717) is 12.0 Å². The minimum Gasteiger partial charge on any atom is -0.392 e. The van der Waals surface area contributed by atoms with Gasteiger partial charge in [-0.25, -0.2) is 4.39 Å². The zero-order valence-corrected chi connectivity index (χ0v) is 10.9. The van der Waals surface area contributed by atoms with Crippen LogP contribution in [0.5, 0.6) is 0 Å². The molecular formula is C14H17F4NO. The van der Waals surface area contributed by atoms with Crippen molar-refractivity contribution in [2.45, 2.75) is 50.6 Å². The topological polar surface area (TPSA) is 32.3 Å². The second-order valence-electron chi connectivity index (χ2n) is 5.15. The normalized spacial score (nSPS) is 23.9. The summed E-state index contributed by atoms with van der Waals surface area (Å²) in [5, 5.41) is 12.8. The van der Waals surface area contributed by atoms with E-state index < -0.39 is 23.7 Å². The molecule has 0 amide bonds. The summed E-state index contributed by atoms with van der Waals surface area (Å²) in [5.41, 5.74) is -0.891. The number of rotatable bonds is 3. The number of halogens is 4. The van der Waals surface area contributed by atoms with Gasteiger partial charge in [0.05, 0.1) is 11.7 Å². The lowest BCUT2D eigenvalue weighted by Gasteiger charge is -2.28. The Hall–Kier alpha value is -1.14. The Morgan fingerprint density at radius 1 is 1.20 bits per heavy atom. The molecule has 0 bridgehead atoms. The number of hydrogen-bond acceptors (Lipinski definition) is 2. The van der Waals surface area contributed by atoms with Crippen molar-refractivity contribution in [1.82, 2.24) is 5.32 Å². The first-order valence-corrected chi connectivity index (χ1v) is 6.65. The largest absolute Gasteiger partial charge is 0.419 e. The van der Waals surface area contributed by atoms with Crippen LogP contribution >= 0.6 is 0 Å². The smallest absolute Gasteiger partial charge is 0.392 e. The highest BCUT2D eigenvalue weighted by atomic mass is 19.4. The monoisotopic (exact) mass is 291 g/mol. The number of aliphatic hydroxyl groups excluding tert-OH is 1. The molecule has 2 unspecified atom stereocenters. The van der Waals surface area contributed by atoms with Crippen LogP contribution in [0.25, 0.3) is 0 Å². The van der Waals surface area contributed by atoms with Crippen molar-refractivity contribution in [2.24, 2.45) is 0 Å². The maximum absolute atomic E-state index is 13.1. The van der Waals surface area contributed by atoms with E-state index in [1.54, 1.807) is 0 Å². The Balaban J connectivity index is 2.03. The van der Waals surface area contributed by atoms with E-state index in [1.165, 1.54) is 6.07 Å². The number of hydrogen-bond donors (Lipinski definition) is 2. The van der Waals surface area contributed by atoms with Crippen LogP contribution in [-0.2, 0) is 12.7 Å². The molecule has 0 saturated heterocycles. The molecule has 2 atom stereocenters. The van der Waals surface area contributed by atoms with Crippen molar-refractivity contribution in [2.75, 3.05) is 0 Å². The van der Waals surface area contributed by atoms with Crippen molar-refractivity contribution in [1.29, 1.82) is 0 Å². The molecule has 0 heterocycles. The molecule has 6 heteroatoms. The zero-order valence-electron chi connectivity index (χ0n) is 10.9. The molecule has 2 N–H and O–H groups in total. The average Bonchev–Trinajstić information content (AvgIpc) is 2.38. The van der Waals surface area contributed by atoms with Crippen LogP contribution in [0.15, 0.2) is 18.2 Å². The fraction of sp³-hybridized carbons (Fsp3) is 0.571. The van der Waals surface area contributed by atoms with Gasteiger partial charge in [-0.05, 0) is 30.5 Å². The van der Waals surface area contributed by atoms with Crippen LogP contribution in [0.2, 0.25) is 0 Å². The first-order valence-electron chi connectivity index (χ1n) is 6.65. The Morgan fingerprint density at radius 2 is 1.90 bits per heavy atom. The van der Waals surface area contributed by atoms with E-state index in [-0.39, 0.29) is 12.6 Å². The minimum atomic E-state index is -4.69. The number of benzene rings is 1. The van der Waals surface area contributed by atoms with Gasteiger partial charge in [0, 0.05) is 12.6 Å². The van der Waals surface area contributed by atoms with Gasteiger partial charge in [0.2, 0.25) is 0 Å². The molecule has 1 aliphatic carbocycles. The summed E-state index contributed by atoms with van der Waals surface area (Å²) >= 11 is 0. The lowest BCUT2D eigenvalue weighted by Crippen LogP contribution is -2.41. The molecule has 1 aromatic carbocycles. The molecule has 1 aliphatic rings. The molecule has 0 aromatic heterocycles. The second kappa shape index (κ2) is 6.10. The maximum Gasteiger partial charge on any atom is 0.419 e. The van der Waals surface area contributed by atoms with Crippen molar-refractivity contribution in [3.8, 4) is 0 Å². The second-order valence-corrected chi connectivity index (χ2v) is 5.15. The zero-order chi connectivity index (χ0) is 14.8. The van der Waals surface area contributed by atoms with Gasteiger partial charge in [0.25, 0.3) is 0 Å². The lowest BCUT2D eigenvalue weighted by atomic mass is 9.92. The summed E-state index contributed by atoms with van der Waals surface area (Å²) in [7, 11) is 0. The molecular weight excluding hydrogens is 274 g/mol. The van der Waals surface area contributed by atoms with Gasteiger partial charge in [0.15, 0.2) is 0 Å². The van der Waals surface area contributed by atoms with Gasteiger partial charge in [-0.3, -0.25) is 0 Å². The molecule has 2 rings (SSSR count). The third kappa shape index (κ3) is 3.70. The molecule has 0 aliphatic heterocycles. The highest BCUT2D eigenvalue weighted by Crippen LogP contribution is 2.32. The molecule has 1 saturated carbocycles. The number of alkyl halides is 3. The maximum atomic E-state index is 13.1. The van der Waals surface area contributed by atoms with Crippen LogP contribution in [-0.4, -0.2) is 17.3 Å². The van der Waals surface area contributed by atoms with E-state index in [1.807, 2.05) is 0 Å². The molecule has 0 radical (unpaired) electrons. The van der Waals surface area contributed by atoms with Crippen molar-refractivity contribution in [3.05, 3.63) is 35.1 Å². The fourth-order valence-electron chi connectivity index (χ4n) is 2.50. The molecule has 0 spiro atoms. The first kappa shape index (κ1) is 15.3. The van der Waals surface area contributed by atoms with Gasteiger partial charge in [-0.15, -0.1) is 0 Å². The third-order valence-electron chi connectivity index (χ3n) is 3.63. The van der Waals surface area contributed by atoms with Crippen LogP contribution in [0, 0.1) is 5.82 Å². The van der Waals surface area contributed by atoms with E-state index in [9.17, 15) is 22.7 Å². The standard InChI is InChI=1S/C14H17F4NO/c15-11-6-5-9(7-10(11)14(16,17)18)8-19-12-3-1-2-4-13(12)20/h5-7,12-13,19-20H,1-4,8H2. The lowest BCUT2D eigenvalue weighted by molar-refractivity contribution is -0.140. The van der Waals surface area contributed by atoms with E-state index in [4.69, 9.17) is 0 Å². The first-order chi connectivity index (χ1) is 9.38. The number of aliphatic hydroxyl groups is 1. The van der Waals surface area contributed by atoms with Gasteiger partial charge >= 0.3 is 6.18 Å². The molecule has 2 nitrogen and oxygen atoms in total. The van der Waals surface area contributed by atoms with Crippen molar-refractivity contribution in [3.63, 3.8) is 0 Å². The minimum absolute atomic E-state index is 0.108. The highest BCUT2D eigenvalue weighted by molar-refractivity contribution is 5.27. The number of nitrogens with one attached hydrogen (secondary N) is 1. The highest BCUT2D eigenvalue weighted by Gasteiger charge is 2.34. The van der Waals surface area contributed by atoms with Gasteiger partial charge in [-0.2, -0.15) is 13.2 Å². The molecule has 20 heavy (non-hydrogen) atoms. The molecule has 1 fully saturated rings. The molecule has 1 aromatic rings. The molecule has 112 valence electrons. The summed E-state index contributed by atoms with van der Waals surface area (Å²) in [4.78, 5) is 0. The summed E-state index contributed by atoms with van der Waals surface area (Å²) in [6, 6.07) is 2.87. The van der Waals surface area contributed by atoms with Crippen LogP contribution < -0.4 is 5.32 Å². The van der Waals surface area contributed by atoms with Crippen LogP contribution in [0.4, 0.5) is 17.6 Å². The van der Waals surface area contributed by atoms with E-state index in [2.05, 4.69) is 5.32 Å². The Labute approximate surface area is 114 Å². The van der Waals surface area contributed by atoms with Gasteiger partial charge in [0.1, 0.15) is 5.82 Å². The average molecular weight is 291 g/mol. The summed E-state index contributed by atoms with van der Waals surface area (Å²) in [5.74, 6) is -1.26. The summed E-state index contributed by atoms with van der Waals surface area (Å²) in [6.45, 7) is 0.186. The Morgan fingerprint density at radius 3 is 2.55 bits per heavy atom. The van der Waals surface area contributed by atoms with Gasteiger partial charge < -0.3 is 10.4 Å². The fourth-order valence-corrected chi connectivity index (χ4v) is 2.50. The predicted octanol–water partition coefficient (Wildman–Crippen LogP) is 3.24. The van der Waals surface area contributed by atoms with E-state index in [0.717, 1.165) is 31.4 Å². The van der Waals surface area contributed by atoms with Crippen LogP contribution in [0.1, 0.15) is 36.8 Å². The Kier molecular flexibility index (Phi) is 4.65. The predicted molar refractivity (Wildman–Crippen MR) is 66.5 cm³/mol. The van der Waals surface area contributed by atoms with E-state index >= 15 is 0 Å². The van der Waals surface area contributed by atoms with Gasteiger partial charge in [-0.1, -0.05) is 18.9 Å². The summed E-state index contributed by atoms with van der Waals surface area (Å²) in [6.07, 6.45) is -1.69. The van der Waals surface area contributed by atoms with Crippen molar-refractivity contribution < 1.29 is 22.7 Å².